The van der Waals surface area contributed by atoms with Gasteiger partial charge in [-0.15, -0.1) is 0 Å². The van der Waals surface area contributed by atoms with E-state index in [1.165, 1.54) is 0 Å². The summed E-state index contributed by atoms with van der Waals surface area (Å²) in [5, 5.41) is 0. The van der Waals surface area contributed by atoms with Crippen LogP contribution in [0.5, 0.6) is 0 Å². The van der Waals surface area contributed by atoms with Gasteiger partial charge in [0.25, 0.3) is 0 Å². The smallest absolute Gasteiger partial charge is 0.305 e. The van der Waals surface area contributed by atoms with Gasteiger partial charge in [-0.05, 0) is 35.1 Å². The Kier molecular flexibility index (Phi) is 20.3. The molecule has 10 atom stereocenters. The van der Waals surface area contributed by atoms with E-state index in [0.29, 0.717) is 32.5 Å². The zero-order valence-electron chi connectivity index (χ0n) is 38.0. The standard InChI is InChI=1S/C53H68O11/c1-5-7-13-31-47(55)56-36-44-38(3)48(58-32-40-22-14-9-15-23-40)51(61-35-43-28-20-12-21-29-43)53(62-44)64-52-39(4)49(59-33-41-24-16-10-17-25-41)50(60-34-42-26-18-11-19-27-42)45(63-52)37-57-46(54)30-8-6-2/h9-12,14-29,38-39,44-45,48-53H,5-8,13,30-37H2,1-4H3/t38-,39?,44?,45?,48+,49?,50-,51?,52-,53-/m1/s1. The maximum atomic E-state index is 13.0. The van der Waals surface area contributed by atoms with Crippen molar-refractivity contribution in [2.75, 3.05) is 13.2 Å². The highest BCUT2D eigenvalue weighted by molar-refractivity contribution is 5.69. The van der Waals surface area contributed by atoms with E-state index in [1.807, 2.05) is 142 Å². The van der Waals surface area contributed by atoms with Crippen molar-refractivity contribution in [2.24, 2.45) is 11.8 Å². The van der Waals surface area contributed by atoms with E-state index >= 15 is 0 Å². The van der Waals surface area contributed by atoms with Gasteiger partial charge in [-0.25, -0.2) is 0 Å². The Balaban J connectivity index is 1.32. The van der Waals surface area contributed by atoms with Crippen LogP contribution in [-0.2, 0) is 78.6 Å². The van der Waals surface area contributed by atoms with Crippen LogP contribution in [0.15, 0.2) is 121 Å². The van der Waals surface area contributed by atoms with Crippen molar-refractivity contribution in [2.45, 2.75) is 148 Å². The highest BCUT2D eigenvalue weighted by Gasteiger charge is 2.52. The maximum absolute atomic E-state index is 13.0. The zero-order chi connectivity index (χ0) is 44.9. The number of benzene rings is 4. The van der Waals surface area contributed by atoms with Crippen LogP contribution in [-0.4, -0.2) is 74.4 Å². The van der Waals surface area contributed by atoms with Crippen molar-refractivity contribution in [3.8, 4) is 0 Å². The van der Waals surface area contributed by atoms with Crippen LogP contribution in [0.25, 0.3) is 0 Å². The number of esters is 2. The summed E-state index contributed by atoms with van der Waals surface area (Å²) in [5.74, 6) is -1.28. The summed E-state index contributed by atoms with van der Waals surface area (Å²) >= 11 is 0. The third-order valence-electron chi connectivity index (χ3n) is 11.9. The Labute approximate surface area is 380 Å². The number of ether oxygens (including phenoxy) is 9. The first-order valence-electron chi connectivity index (χ1n) is 23.2. The second-order valence-electron chi connectivity index (χ2n) is 16.9. The van der Waals surface area contributed by atoms with Crippen LogP contribution in [0.2, 0.25) is 0 Å². The van der Waals surface area contributed by atoms with Gasteiger partial charge in [0.1, 0.15) is 37.6 Å². The topological polar surface area (TPSA) is 117 Å². The number of unbranched alkanes of at least 4 members (excludes halogenated alkanes) is 3. The normalized spacial score (nSPS) is 25.7. The molecule has 0 amide bonds. The predicted octanol–water partition coefficient (Wildman–Crippen LogP) is 9.92. The molecule has 6 rings (SSSR count). The molecule has 2 heterocycles. The zero-order valence-corrected chi connectivity index (χ0v) is 38.0. The maximum Gasteiger partial charge on any atom is 0.305 e. The summed E-state index contributed by atoms with van der Waals surface area (Å²) in [6.07, 6.45) is -0.930. The average Bonchev–Trinajstić information content (AvgIpc) is 3.33. The first-order valence-corrected chi connectivity index (χ1v) is 23.2. The molecule has 0 N–H and O–H groups in total. The van der Waals surface area contributed by atoms with E-state index in [2.05, 4.69) is 6.92 Å². The fraction of sp³-hybridized carbons (Fsp3) is 0.509. The van der Waals surface area contributed by atoms with Gasteiger partial charge >= 0.3 is 11.9 Å². The van der Waals surface area contributed by atoms with Gasteiger partial charge in [0.05, 0.1) is 38.6 Å². The summed E-state index contributed by atoms with van der Waals surface area (Å²) in [6, 6.07) is 39.8. The molecule has 5 unspecified atom stereocenters. The summed E-state index contributed by atoms with van der Waals surface area (Å²) in [5.41, 5.74) is 3.95. The van der Waals surface area contributed by atoms with Crippen molar-refractivity contribution in [3.05, 3.63) is 144 Å². The Hall–Kier alpha value is -4.46. The van der Waals surface area contributed by atoms with Crippen LogP contribution in [0.3, 0.4) is 0 Å². The minimum absolute atomic E-state index is 0.0121. The van der Waals surface area contributed by atoms with Gasteiger partial charge in [0.15, 0.2) is 12.6 Å². The number of carbonyl (C=O) groups excluding carboxylic acids is 2. The molecular formula is C53H68O11. The molecule has 346 valence electrons. The lowest BCUT2D eigenvalue weighted by Crippen LogP contribution is -2.62. The number of carbonyl (C=O) groups is 2. The van der Waals surface area contributed by atoms with Crippen LogP contribution >= 0.6 is 0 Å². The van der Waals surface area contributed by atoms with E-state index in [-0.39, 0.29) is 44.3 Å². The Bertz CT molecular complexity index is 1900. The first kappa shape index (κ1) is 49.0. The molecule has 11 nitrogen and oxygen atoms in total. The van der Waals surface area contributed by atoms with E-state index in [4.69, 9.17) is 42.6 Å². The lowest BCUT2D eigenvalue weighted by atomic mass is 9.89. The lowest BCUT2D eigenvalue weighted by Gasteiger charge is -2.49. The fourth-order valence-electron chi connectivity index (χ4n) is 8.07. The minimum atomic E-state index is -1.04. The van der Waals surface area contributed by atoms with E-state index in [9.17, 15) is 9.59 Å². The third-order valence-corrected chi connectivity index (χ3v) is 11.9. The van der Waals surface area contributed by atoms with Crippen molar-refractivity contribution in [1.29, 1.82) is 0 Å². The number of rotatable bonds is 25. The molecule has 2 saturated heterocycles. The van der Waals surface area contributed by atoms with Crippen LogP contribution in [0, 0.1) is 11.8 Å². The predicted molar refractivity (Wildman–Crippen MR) is 242 cm³/mol. The quantitative estimate of drug-likeness (QED) is 0.0468. The number of hydrogen-bond donors (Lipinski definition) is 0. The highest BCUT2D eigenvalue weighted by Crippen LogP contribution is 2.38. The summed E-state index contributed by atoms with van der Waals surface area (Å²) in [4.78, 5) is 26.0. The minimum Gasteiger partial charge on any atom is -0.463 e. The molecule has 11 heteroatoms. The van der Waals surface area contributed by atoms with E-state index in [0.717, 1.165) is 47.9 Å². The highest BCUT2D eigenvalue weighted by atomic mass is 16.8. The molecular weight excluding hydrogens is 813 g/mol. The molecule has 2 fully saturated rings. The first-order chi connectivity index (χ1) is 31.3. The molecule has 0 saturated carbocycles. The molecule has 2 aliphatic heterocycles. The average molecular weight is 881 g/mol. The Morgan fingerprint density at radius 2 is 0.844 bits per heavy atom. The van der Waals surface area contributed by atoms with Crippen molar-refractivity contribution >= 4 is 11.9 Å². The van der Waals surface area contributed by atoms with E-state index in [1.54, 1.807) is 0 Å². The van der Waals surface area contributed by atoms with Gasteiger partial charge in [-0.2, -0.15) is 0 Å². The van der Waals surface area contributed by atoms with Crippen LogP contribution in [0.4, 0.5) is 0 Å². The second-order valence-corrected chi connectivity index (χ2v) is 16.9. The van der Waals surface area contributed by atoms with Crippen molar-refractivity contribution in [3.63, 3.8) is 0 Å². The molecule has 4 aromatic carbocycles. The molecule has 0 spiro atoms. The fourth-order valence-corrected chi connectivity index (χ4v) is 8.07. The molecule has 4 aromatic rings. The summed E-state index contributed by atoms with van der Waals surface area (Å²) in [6.45, 7) is 9.28. The molecule has 0 aliphatic carbocycles. The van der Waals surface area contributed by atoms with Gasteiger partial charge in [0, 0.05) is 24.7 Å². The van der Waals surface area contributed by atoms with Gasteiger partial charge in [-0.1, -0.05) is 168 Å². The Morgan fingerprint density at radius 3 is 1.31 bits per heavy atom. The lowest BCUT2D eigenvalue weighted by molar-refractivity contribution is -0.377. The van der Waals surface area contributed by atoms with Crippen molar-refractivity contribution in [1.82, 2.24) is 0 Å². The summed E-state index contributed by atoms with van der Waals surface area (Å²) in [7, 11) is 0. The Morgan fingerprint density at radius 1 is 0.453 bits per heavy atom. The van der Waals surface area contributed by atoms with Gasteiger partial charge < -0.3 is 42.6 Å². The molecule has 0 aromatic heterocycles. The SMILES string of the molecule is CCCCCC(=O)OCC1O[C@H](O[C@H]2OC(COC(=O)CCCC)[C@@H](OCc3ccccc3)C(OCc3ccccc3)C2C)C(OCc2ccccc2)[C@@H](OCc2ccccc2)[C@@H]1C. The van der Waals surface area contributed by atoms with Crippen LogP contribution < -0.4 is 0 Å². The number of hydrogen-bond acceptors (Lipinski definition) is 11. The monoisotopic (exact) mass is 880 g/mol. The van der Waals surface area contributed by atoms with Crippen LogP contribution in [0.1, 0.15) is 94.9 Å². The van der Waals surface area contributed by atoms with Gasteiger partial charge in [0.2, 0.25) is 0 Å². The molecule has 64 heavy (non-hydrogen) atoms. The van der Waals surface area contributed by atoms with Crippen molar-refractivity contribution < 1.29 is 52.2 Å². The molecule has 0 bridgehead atoms. The second kappa shape index (κ2) is 26.5. The molecule has 0 radical (unpaired) electrons. The van der Waals surface area contributed by atoms with E-state index < -0.39 is 55.1 Å². The largest absolute Gasteiger partial charge is 0.463 e. The molecule has 2 aliphatic rings. The third kappa shape index (κ3) is 15.1. The summed E-state index contributed by atoms with van der Waals surface area (Å²) < 4.78 is 59.6. The van der Waals surface area contributed by atoms with Gasteiger partial charge in [-0.3, -0.25) is 9.59 Å².